The second kappa shape index (κ2) is 29.8. The number of halogens is 3. The van der Waals surface area contributed by atoms with E-state index in [0.717, 1.165) is 17.2 Å². The van der Waals surface area contributed by atoms with Crippen LogP contribution in [0.4, 0.5) is 25.4 Å². The summed E-state index contributed by atoms with van der Waals surface area (Å²) in [6, 6.07) is 5.54. The van der Waals surface area contributed by atoms with E-state index in [0.29, 0.717) is 52.9 Å². The van der Waals surface area contributed by atoms with Gasteiger partial charge in [-0.05, 0) is 100 Å². The number of ether oxygens (including phenoxy) is 5. The van der Waals surface area contributed by atoms with Crippen LogP contribution in [-0.2, 0) is 65.3 Å². The zero-order valence-electron chi connectivity index (χ0n) is 47.5. The van der Waals surface area contributed by atoms with Crippen molar-refractivity contribution in [2.75, 3.05) is 42.9 Å². The van der Waals surface area contributed by atoms with Gasteiger partial charge in [0.25, 0.3) is 0 Å². The van der Waals surface area contributed by atoms with E-state index in [-0.39, 0.29) is 81.0 Å². The monoisotopic (exact) mass is 1210 g/mol. The molecule has 3 aliphatic heterocycles. The Hall–Kier alpha value is -6.00. The van der Waals surface area contributed by atoms with Gasteiger partial charge in [-0.25, -0.2) is 18.8 Å². The minimum atomic E-state index is -1.66. The van der Waals surface area contributed by atoms with Gasteiger partial charge in [0.1, 0.15) is 41.1 Å². The first-order valence-electron chi connectivity index (χ1n) is 27.3. The molecule has 22 heteroatoms. The number of allylic oxidation sites excluding steroid dienone is 3. The molecule has 2 aromatic rings. The molecule has 0 saturated carbocycles. The van der Waals surface area contributed by atoms with Gasteiger partial charge in [0.15, 0.2) is 5.78 Å². The number of unbranched alkanes of at least 4 members (excludes halogenated alkanes) is 2. The molecule has 9 atom stereocenters. The number of alkyl halides is 1. The largest absolute Gasteiger partial charge is 0.462 e. The zero-order valence-corrected chi connectivity index (χ0v) is 49.8. The molecular formula is C59H78BrClFN5O14. The third-order valence-electron chi connectivity index (χ3n) is 15.1. The Morgan fingerprint density at radius 3 is 2.47 bits per heavy atom. The number of urea groups is 1. The van der Waals surface area contributed by atoms with Crippen LogP contribution in [-0.4, -0.2) is 127 Å². The third kappa shape index (κ3) is 18.5. The fraction of sp³-hybridized carbons (Fsp3) is 0.559. The maximum atomic E-state index is 16.0. The number of ketones is 2. The number of carbonyl (C=O) groups is 8. The molecule has 4 bridgehead atoms. The smallest absolute Gasteiger partial charge is 0.412 e. The minimum Gasteiger partial charge on any atom is -0.462 e. The Bertz CT molecular complexity index is 2740. The molecule has 2 saturated heterocycles. The molecule has 444 valence electrons. The lowest BCUT2D eigenvalue weighted by atomic mass is 9.78. The van der Waals surface area contributed by atoms with Crippen LogP contribution in [0.5, 0.6) is 0 Å². The van der Waals surface area contributed by atoms with Crippen LogP contribution < -0.4 is 26.6 Å². The molecule has 0 unspecified atom stereocenters. The van der Waals surface area contributed by atoms with Gasteiger partial charge in [-0.15, -0.1) is 0 Å². The van der Waals surface area contributed by atoms with Crippen LogP contribution in [0.2, 0.25) is 5.02 Å². The Kier molecular flexibility index (Phi) is 24.2. The van der Waals surface area contributed by atoms with Crippen LogP contribution in [0.3, 0.4) is 0 Å². The van der Waals surface area contributed by atoms with Crippen LogP contribution in [0.15, 0.2) is 66.3 Å². The first kappa shape index (κ1) is 65.8. The number of esters is 2. The Morgan fingerprint density at radius 2 is 1.80 bits per heavy atom. The van der Waals surface area contributed by atoms with Gasteiger partial charge < -0.3 is 50.1 Å². The average molecular weight is 1220 g/mol. The van der Waals surface area contributed by atoms with E-state index >= 15 is 4.39 Å². The highest BCUT2D eigenvalue weighted by Crippen LogP contribution is 2.50. The number of fused-ring (bicyclic) bond motifs is 5. The van der Waals surface area contributed by atoms with Crippen molar-refractivity contribution in [1.29, 1.82) is 0 Å². The van der Waals surface area contributed by atoms with Crippen molar-refractivity contribution in [3.05, 3.63) is 93.8 Å². The van der Waals surface area contributed by atoms with Crippen LogP contribution in [0, 0.1) is 30.5 Å². The van der Waals surface area contributed by atoms with E-state index in [4.69, 9.17) is 41.0 Å². The minimum absolute atomic E-state index is 0.0225. The van der Waals surface area contributed by atoms with Gasteiger partial charge in [-0.2, -0.15) is 0 Å². The fourth-order valence-corrected chi connectivity index (χ4v) is 10.7. The second-order valence-electron chi connectivity index (χ2n) is 22.0. The number of primary amides is 1. The standard InChI is InChI=1S/C59H78BrClFN5O14/c1-33(2)41(28-40(68)16-11-10-12-22-78-55(73)36(5)32-60)54(72)65-44(17-14-21-64-56(63)74)46(69)27-38-19-20-43(42(62)25-38)66-57(75)80-49-29-50(70)67(8)45-26-39(24-35(4)52(45)61)23-34(3)15-13-18-48(77-9)59(76)30-47(79-51(71)31-59)37(6)53-58(49,7)81-53/h13,15,18-20,24-26,33,37,41,44,47-49,53,76H,5,10-12,14,16-17,21-23,27-32H2,1-4,6-9H3,(H,65,72)(H,66,75)(H3,63,64,74)/b18-13+,34-15+/t37-,41+,44+,47+,48-,49+,53+,58+,59-/m1/s1. The van der Waals surface area contributed by atoms with Crippen molar-refractivity contribution >= 4 is 86.3 Å². The normalized spacial score (nSPS) is 24.7. The molecule has 2 aromatic carbocycles. The second-order valence-corrected chi connectivity index (χ2v) is 22.9. The van der Waals surface area contributed by atoms with Crippen molar-refractivity contribution in [3.63, 3.8) is 0 Å². The lowest BCUT2D eigenvalue weighted by molar-refractivity contribution is -0.187. The van der Waals surface area contributed by atoms with Crippen molar-refractivity contribution in [2.45, 2.75) is 160 Å². The number of hydrogen-bond donors (Lipinski definition) is 5. The molecule has 0 aliphatic carbocycles. The van der Waals surface area contributed by atoms with Crippen molar-refractivity contribution < 1.29 is 71.5 Å². The molecule has 6 N–H and O–H groups in total. The van der Waals surface area contributed by atoms with Crippen molar-refractivity contribution in [1.82, 2.24) is 10.6 Å². The predicted octanol–water partition coefficient (Wildman–Crippen LogP) is 8.39. The number of benzene rings is 2. The number of methoxy groups -OCH3 is 1. The van der Waals surface area contributed by atoms with Gasteiger partial charge in [-0.1, -0.05) is 90.8 Å². The summed E-state index contributed by atoms with van der Waals surface area (Å²) in [5, 5.41) is 20.3. The van der Waals surface area contributed by atoms with E-state index in [9.17, 15) is 43.5 Å². The zero-order chi connectivity index (χ0) is 59.9. The number of aryl methyl sites for hydroxylation is 1. The van der Waals surface area contributed by atoms with Crippen LogP contribution >= 0.6 is 27.5 Å². The quantitative estimate of drug-likeness (QED) is 0.0175. The van der Waals surface area contributed by atoms with E-state index in [1.165, 1.54) is 24.1 Å². The summed E-state index contributed by atoms with van der Waals surface area (Å²) < 4.78 is 45.0. The number of rotatable bonds is 23. The molecule has 0 aromatic heterocycles. The SMILES string of the molecule is C=C(CBr)C(=O)OCCCCCC(=O)C[C@H](C(=O)N[C@@H](CCCNC(N)=O)C(=O)Cc1ccc(NC(=O)O[C@H]2CC(=O)N(C)c3cc(cc(C)c3Cl)C/C(C)=C/C=C/[C@@H](OC)[C@]3(O)CC(=O)O[C@@H](C3)[C@@H](C)[C@@H]3O[C@@]23C)c(F)c1)C(C)C. The number of carbonyl (C=O) groups excluding carboxylic acids is 8. The number of anilines is 2. The first-order chi connectivity index (χ1) is 38.2. The average Bonchev–Trinajstić information content (AvgIpc) is 4.12. The van der Waals surface area contributed by atoms with Gasteiger partial charge in [0, 0.05) is 69.1 Å². The molecule has 19 nitrogen and oxygen atoms in total. The highest BCUT2D eigenvalue weighted by atomic mass is 79.9. The maximum Gasteiger partial charge on any atom is 0.412 e. The highest BCUT2D eigenvalue weighted by molar-refractivity contribution is 9.09. The summed E-state index contributed by atoms with van der Waals surface area (Å²) in [6.07, 6.45) is 1.74. The topological polar surface area (TPSA) is 272 Å². The number of nitrogens with two attached hydrogens (primary N) is 1. The van der Waals surface area contributed by atoms with Crippen molar-refractivity contribution in [2.24, 2.45) is 23.5 Å². The maximum absolute atomic E-state index is 16.0. The number of epoxide rings is 1. The van der Waals surface area contributed by atoms with Gasteiger partial charge in [0.2, 0.25) is 11.8 Å². The van der Waals surface area contributed by atoms with Crippen LogP contribution in [0.25, 0.3) is 0 Å². The Labute approximate surface area is 486 Å². The number of Topliss-reactive ketones (excluding diaryl/α,β-unsaturated/α-hetero) is 2. The number of aliphatic hydroxyl groups is 1. The summed E-state index contributed by atoms with van der Waals surface area (Å²) in [6.45, 7) is 14.6. The summed E-state index contributed by atoms with van der Waals surface area (Å²) in [4.78, 5) is 107. The molecule has 5 rings (SSSR count). The molecular weight excluding hydrogens is 1140 g/mol. The van der Waals surface area contributed by atoms with Gasteiger partial charge >= 0.3 is 24.1 Å². The van der Waals surface area contributed by atoms with Gasteiger partial charge in [0.05, 0.1) is 48.0 Å². The molecule has 3 aliphatic rings. The first-order valence-corrected chi connectivity index (χ1v) is 28.8. The van der Waals surface area contributed by atoms with E-state index in [2.05, 4.69) is 38.5 Å². The summed E-state index contributed by atoms with van der Waals surface area (Å²) in [7, 11) is 2.99. The van der Waals surface area contributed by atoms with E-state index < -0.39 is 107 Å². The Balaban J connectivity index is 1.31. The van der Waals surface area contributed by atoms with Crippen molar-refractivity contribution in [3.8, 4) is 0 Å². The van der Waals surface area contributed by atoms with Crippen LogP contribution in [0.1, 0.15) is 116 Å². The molecule has 2 fully saturated rings. The predicted molar refractivity (Wildman–Crippen MR) is 306 cm³/mol. The van der Waals surface area contributed by atoms with E-state index in [1.54, 1.807) is 53.0 Å². The molecule has 5 amide bonds. The summed E-state index contributed by atoms with van der Waals surface area (Å²) >= 11 is 9.98. The summed E-state index contributed by atoms with van der Waals surface area (Å²) in [5.74, 6) is -5.43. The van der Waals surface area contributed by atoms with E-state index in [1.807, 2.05) is 26.0 Å². The number of hydrogen-bond acceptors (Lipinski definition) is 14. The molecule has 0 radical (unpaired) electrons. The third-order valence-corrected chi connectivity index (χ3v) is 16.3. The lowest BCUT2D eigenvalue weighted by Crippen LogP contribution is -2.53. The lowest BCUT2D eigenvalue weighted by Gasteiger charge is -2.41. The molecule has 0 spiro atoms. The Morgan fingerprint density at radius 1 is 1.07 bits per heavy atom. The molecule has 81 heavy (non-hydrogen) atoms. The fourth-order valence-electron chi connectivity index (χ4n) is 10.3. The molecule has 3 heterocycles. The highest BCUT2D eigenvalue weighted by Gasteiger charge is 2.64. The number of nitrogens with zero attached hydrogens (tertiary/aromatic N) is 1. The number of amides is 5. The summed E-state index contributed by atoms with van der Waals surface area (Å²) in [5.41, 5.74) is 5.29. The number of nitrogens with one attached hydrogen (secondary N) is 3. The van der Waals surface area contributed by atoms with Gasteiger partial charge in [-0.3, -0.25) is 29.3 Å².